The van der Waals surface area contributed by atoms with E-state index >= 15 is 0 Å². The predicted molar refractivity (Wildman–Crippen MR) is 141 cm³/mol. The number of fused-ring (bicyclic) bond motifs is 1. The molecule has 4 nitrogen and oxygen atoms in total. The van der Waals surface area contributed by atoms with E-state index in [0.717, 1.165) is 16.9 Å². The van der Waals surface area contributed by atoms with E-state index in [1.165, 1.54) is 22.5 Å². The molecule has 0 aliphatic carbocycles. The summed E-state index contributed by atoms with van der Waals surface area (Å²) in [6, 6.07) is 26.1. The van der Waals surface area contributed by atoms with Gasteiger partial charge in [-0.1, -0.05) is 89.3 Å². The van der Waals surface area contributed by atoms with E-state index in [2.05, 4.69) is 31.2 Å². The fourth-order valence-corrected chi connectivity index (χ4v) is 5.95. The second-order valence-corrected chi connectivity index (χ2v) is 10.4. The highest BCUT2D eigenvalue weighted by molar-refractivity contribution is 7.98. The van der Waals surface area contributed by atoms with Crippen molar-refractivity contribution in [3.63, 3.8) is 0 Å². The second kappa shape index (κ2) is 9.09. The van der Waals surface area contributed by atoms with E-state index in [0.29, 0.717) is 25.2 Å². The molecule has 33 heavy (non-hydrogen) atoms. The smallest absolute Gasteiger partial charge is 0.275 e. The lowest BCUT2D eigenvalue weighted by atomic mass is 10.2. The molecule has 0 aliphatic rings. The zero-order valence-electron chi connectivity index (χ0n) is 18.2. The van der Waals surface area contributed by atoms with Crippen LogP contribution in [0.4, 0.5) is 0 Å². The molecule has 0 bridgehead atoms. The van der Waals surface area contributed by atoms with Gasteiger partial charge in [0.25, 0.3) is 5.56 Å². The normalized spacial score (nSPS) is 11.2. The van der Waals surface area contributed by atoms with Gasteiger partial charge in [0.1, 0.15) is 4.70 Å². The Morgan fingerprint density at radius 3 is 2.33 bits per heavy atom. The first-order valence-electron chi connectivity index (χ1n) is 10.5. The minimum atomic E-state index is -0.0963. The lowest BCUT2D eigenvalue weighted by Crippen LogP contribution is -2.21. The number of aromatic nitrogens is 3. The van der Waals surface area contributed by atoms with Gasteiger partial charge in [-0.15, -0.1) is 0 Å². The molecule has 0 unspecified atom stereocenters. The van der Waals surface area contributed by atoms with E-state index in [4.69, 9.17) is 17.2 Å². The molecule has 0 aliphatic heterocycles. The Morgan fingerprint density at radius 1 is 0.909 bits per heavy atom. The number of para-hydroxylation sites is 2. The van der Waals surface area contributed by atoms with Crippen molar-refractivity contribution in [2.75, 3.05) is 0 Å². The summed E-state index contributed by atoms with van der Waals surface area (Å²) in [5.74, 6) is 0.709. The Kier molecular flexibility index (Phi) is 6.01. The topological polar surface area (TPSA) is 39.8 Å². The van der Waals surface area contributed by atoms with Crippen molar-refractivity contribution in [1.29, 1.82) is 0 Å². The summed E-state index contributed by atoms with van der Waals surface area (Å²) < 4.78 is 4.81. The van der Waals surface area contributed by atoms with Crippen LogP contribution in [0.2, 0.25) is 0 Å². The minimum Gasteiger partial charge on any atom is -0.275 e. The van der Waals surface area contributed by atoms with Gasteiger partial charge in [0.2, 0.25) is 0 Å². The molecule has 0 saturated carbocycles. The molecular weight excluding hydrogens is 467 g/mol. The summed E-state index contributed by atoms with van der Waals surface area (Å²) in [5, 5.41) is 0.648. The summed E-state index contributed by atoms with van der Waals surface area (Å²) in [6.45, 7) is 4.12. The number of hydrogen-bond acceptors (Lipinski definition) is 5. The van der Waals surface area contributed by atoms with Crippen LogP contribution in [-0.2, 0) is 5.75 Å². The minimum absolute atomic E-state index is 0.0963. The first-order valence-corrected chi connectivity index (χ1v) is 12.7. The Hall–Kier alpha value is -3.00. The maximum atomic E-state index is 13.7. The SMILES string of the molecule is Cc1ccc(CSc2nc3c(sc(=S)n3-c3ccccc3C)c(=O)n2-c2ccccc2)cc1. The second-order valence-electron chi connectivity index (χ2n) is 7.79. The van der Waals surface area contributed by atoms with Crippen LogP contribution < -0.4 is 5.56 Å². The monoisotopic (exact) mass is 487 g/mol. The van der Waals surface area contributed by atoms with Gasteiger partial charge in [0.15, 0.2) is 14.8 Å². The standard InChI is InChI=1S/C26H21N3OS3/c1-17-12-14-19(15-13-17)16-32-25-27-23-22(24(30)28(25)20-9-4-3-5-10-20)33-26(31)29(23)21-11-7-6-8-18(21)2/h3-15H,16H2,1-2H3. The van der Waals surface area contributed by atoms with Gasteiger partial charge in [0, 0.05) is 5.75 Å². The maximum absolute atomic E-state index is 13.7. The molecule has 0 N–H and O–H groups in total. The number of rotatable bonds is 5. The van der Waals surface area contributed by atoms with E-state index in [1.54, 1.807) is 16.3 Å². The highest BCUT2D eigenvalue weighted by Gasteiger charge is 2.19. The number of thioether (sulfide) groups is 1. The highest BCUT2D eigenvalue weighted by Crippen LogP contribution is 2.29. The van der Waals surface area contributed by atoms with Crippen LogP contribution in [0.5, 0.6) is 0 Å². The zero-order chi connectivity index (χ0) is 22.9. The van der Waals surface area contributed by atoms with Gasteiger partial charge in [0.05, 0.1) is 11.4 Å². The molecule has 0 saturated heterocycles. The summed E-state index contributed by atoms with van der Waals surface area (Å²) in [7, 11) is 0. The highest BCUT2D eigenvalue weighted by atomic mass is 32.2. The molecule has 2 heterocycles. The predicted octanol–water partition coefficient (Wildman–Crippen LogP) is 6.88. The van der Waals surface area contributed by atoms with Crippen molar-refractivity contribution < 1.29 is 0 Å². The lowest BCUT2D eigenvalue weighted by molar-refractivity contribution is 0.811. The van der Waals surface area contributed by atoms with E-state index in [1.807, 2.05) is 66.1 Å². The van der Waals surface area contributed by atoms with Crippen molar-refractivity contribution in [1.82, 2.24) is 14.1 Å². The quantitative estimate of drug-likeness (QED) is 0.154. The van der Waals surface area contributed by atoms with Crippen LogP contribution in [0.25, 0.3) is 21.7 Å². The van der Waals surface area contributed by atoms with E-state index in [-0.39, 0.29) is 5.56 Å². The third-order valence-electron chi connectivity index (χ3n) is 5.44. The van der Waals surface area contributed by atoms with Crippen molar-refractivity contribution in [2.45, 2.75) is 24.8 Å². The molecule has 164 valence electrons. The summed E-state index contributed by atoms with van der Waals surface area (Å²) in [5.41, 5.74) is 5.75. The average molecular weight is 488 g/mol. The molecule has 3 aromatic carbocycles. The zero-order valence-corrected chi connectivity index (χ0v) is 20.6. The molecule has 5 aromatic rings. The van der Waals surface area contributed by atoms with Crippen LogP contribution in [0.1, 0.15) is 16.7 Å². The van der Waals surface area contributed by atoms with Gasteiger partial charge < -0.3 is 0 Å². The molecule has 0 radical (unpaired) electrons. The molecule has 0 atom stereocenters. The van der Waals surface area contributed by atoms with Gasteiger partial charge in [-0.25, -0.2) is 4.98 Å². The summed E-state index contributed by atoms with van der Waals surface area (Å²) in [4.78, 5) is 18.8. The van der Waals surface area contributed by atoms with Crippen LogP contribution in [-0.4, -0.2) is 14.1 Å². The Balaban J connectivity index is 1.72. The van der Waals surface area contributed by atoms with Crippen molar-refractivity contribution >= 4 is 45.7 Å². The number of benzene rings is 3. The Labute approximate surface area is 205 Å². The fourth-order valence-electron chi connectivity index (χ4n) is 3.70. The summed E-state index contributed by atoms with van der Waals surface area (Å²) >= 11 is 8.57. The largest absolute Gasteiger partial charge is 0.278 e. The molecular formula is C26H21N3OS3. The molecule has 5 rings (SSSR count). The number of aryl methyl sites for hydroxylation is 2. The first-order chi connectivity index (χ1) is 16.0. The van der Waals surface area contributed by atoms with Gasteiger partial charge in [-0.05, 0) is 55.4 Å². The molecule has 0 spiro atoms. The molecule has 2 aromatic heterocycles. The number of nitrogens with zero attached hydrogens (tertiary/aromatic N) is 3. The molecule has 0 amide bonds. The Bertz CT molecular complexity index is 1570. The van der Waals surface area contributed by atoms with Crippen LogP contribution >= 0.6 is 35.3 Å². The van der Waals surface area contributed by atoms with Crippen LogP contribution in [0.3, 0.4) is 0 Å². The summed E-state index contributed by atoms with van der Waals surface area (Å²) in [6.07, 6.45) is 0. The molecule has 7 heteroatoms. The lowest BCUT2D eigenvalue weighted by Gasteiger charge is -2.13. The maximum Gasteiger partial charge on any atom is 0.278 e. The first kappa shape index (κ1) is 21.8. The fraction of sp³-hybridized carbons (Fsp3) is 0.115. The van der Waals surface area contributed by atoms with Crippen molar-refractivity contribution in [3.8, 4) is 11.4 Å². The van der Waals surface area contributed by atoms with Crippen LogP contribution in [0.15, 0.2) is 88.8 Å². The van der Waals surface area contributed by atoms with E-state index in [9.17, 15) is 4.79 Å². The number of thiazole rings is 1. The Morgan fingerprint density at radius 2 is 1.61 bits per heavy atom. The van der Waals surface area contributed by atoms with Gasteiger partial charge >= 0.3 is 0 Å². The third kappa shape index (κ3) is 4.19. The van der Waals surface area contributed by atoms with Gasteiger partial charge in [-0.3, -0.25) is 13.9 Å². The number of hydrogen-bond donors (Lipinski definition) is 0. The van der Waals surface area contributed by atoms with Crippen molar-refractivity contribution in [2.24, 2.45) is 0 Å². The van der Waals surface area contributed by atoms with E-state index < -0.39 is 0 Å². The molecule has 0 fully saturated rings. The van der Waals surface area contributed by atoms with Gasteiger partial charge in [-0.2, -0.15) is 0 Å². The van der Waals surface area contributed by atoms with Crippen molar-refractivity contribution in [3.05, 3.63) is 110 Å². The van der Waals surface area contributed by atoms with Crippen LogP contribution in [0, 0.1) is 17.8 Å². The third-order valence-corrected chi connectivity index (χ3v) is 7.80. The average Bonchev–Trinajstić information content (AvgIpc) is 3.16.